The highest BCUT2D eigenvalue weighted by Gasteiger charge is 2.15. The molecule has 1 aromatic rings. The quantitative estimate of drug-likeness (QED) is 0.682. The highest BCUT2D eigenvalue weighted by atomic mass is 32.2. The van der Waals surface area contributed by atoms with Gasteiger partial charge in [-0.05, 0) is 0 Å². The van der Waals surface area contributed by atoms with Crippen molar-refractivity contribution in [2.75, 3.05) is 5.75 Å². The van der Waals surface area contributed by atoms with Crippen LogP contribution in [0.2, 0.25) is 0 Å². The van der Waals surface area contributed by atoms with Crippen molar-refractivity contribution >= 4 is 9.84 Å². The van der Waals surface area contributed by atoms with E-state index in [0.29, 0.717) is 0 Å². The lowest BCUT2D eigenvalue weighted by Crippen LogP contribution is -2.18. The lowest BCUT2D eigenvalue weighted by Gasteiger charge is -1.96. The van der Waals surface area contributed by atoms with E-state index in [9.17, 15) is 13.2 Å². The van der Waals surface area contributed by atoms with E-state index >= 15 is 0 Å². The second-order valence-corrected chi connectivity index (χ2v) is 4.40. The number of hydrogen-bond acceptors (Lipinski definition) is 4. The van der Waals surface area contributed by atoms with E-state index in [1.165, 1.54) is 6.92 Å². The van der Waals surface area contributed by atoms with Gasteiger partial charge in [-0.15, -0.1) is 0 Å². The van der Waals surface area contributed by atoms with Gasteiger partial charge in [0.05, 0.1) is 18.3 Å². The van der Waals surface area contributed by atoms with Crippen molar-refractivity contribution in [1.29, 1.82) is 0 Å². The van der Waals surface area contributed by atoms with Crippen molar-refractivity contribution in [3.8, 4) is 0 Å². The Morgan fingerprint density at radius 3 is 2.75 bits per heavy atom. The Morgan fingerprint density at radius 1 is 1.58 bits per heavy atom. The zero-order valence-electron chi connectivity index (χ0n) is 6.44. The summed E-state index contributed by atoms with van der Waals surface area (Å²) in [7, 11) is -3.44. The van der Waals surface area contributed by atoms with Crippen LogP contribution < -0.4 is 5.56 Å². The summed E-state index contributed by atoms with van der Waals surface area (Å²) >= 11 is 0. The van der Waals surface area contributed by atoms with Crippen LogP contribution in [0.4, 0.5) is 0 Å². The molecular weight excluding hydrogens is 180 g/mol. The molecule has 1 heterocycles. The molecule has 0 amide bonds. The fraction of sp³-hybridized carbons (Fsp3) is 0.333. The number of H-pyrrole nitrogens is 1. The Hall–Kier alpha value is -1.17. The molecule has 0 aromatic carbocycles. The number of nitrogens with zero attached hydrogens (tertiary/aromatic N) is 1. The number of rotatable bonds is 2. The third-order valence-electron chi connectivity index (χ3n) is 1.40. The monoisotopic (exact) mass is 188 g/mol. The van der Waals surface area contributed by atoms with Gasteiger partial charge in [-0.2, -0.15) is 0 Å². The second kappa shape index (κ2) is 3.06. The minimum atomic E-state index is -3.44. The molecule has 0 fully saturated rings. The summed E-state index contributed by atoms with van der Waals surface area (Å²) < 4.78 is 22.3. The SMILES string of the molecule is CCS(=O)(=O)c1cnc[nH]c1=O. The molecule has 0 aliphatic rings. The summed E-state index contributed by atoms with van der Waals surface area (Å²) in [6, 6.07) is 0. The summed E-state index contributed by atoms with van der Waals surface area (Å²) in [5, 5.41) is 0. The van der Waals surface area contributed by atoms with E-state index in [0.717, 1.165) is 12.5 Å². The maximum absolute atomic E-state index is 11.2. The van der Waals surface area contributed by atoms with E-state index in [1.807, 2.05) is 0 Å². The third-order valence-corrected chi connectivity index (χ3v) is 3.12. The fourth-order valence-electron chi connectivity index (χ4n) is 0.708. The zero-order chi connectivity index (χ0) is 9.19. The summed E-state index contributed by atoms with van der Waals surface area (Å²) in [5.41, 5.74) is -0.619. The van der Waals surface area contributed by atoms with Gasteiger partial charge in [0.15, 0.2) is 14.7 Å². The topological polar surface area (TPSA) is 79.9 Å². The highest BCUT2D eigenvalue weighted by molar-refractivity contribution is 7.91. The van der Waals surface area contributed by atoms with Crippen molar-refractivity contribution in [3.63, 3.8) is 0 Å². The number of nitrogens with one attached hydrogen (secondary N) is 1. The van der Waals surface area contributed by atoms with Crippen LogP contribution in [0.25, 0.3) is 0 Å². The van der Waals surface area contributed by atoms with Gasteiger partial charge in [-0.3, -0.25) is 4.79 Å². The van der Waals surface area contributed by atoms with Gasteiger partial charge >= 0.3 is 0 Å². The molecule has 5 nitrogen and oxygen atoms in total. The van der Waals surface area contributed by atoms with Crippen LogP contribution in [0.15, 0.2) is 22.2 Å². The molecule has 1 aromatic heterocycles. The molecule has 0 saturated carbocycles. The summed E-state index contributed by atoms with van der Waals surface area (Å²) in [5.74, 6) is -0.0955. The molecule has 0 saturated heterocycles. The maximum atomic E-state index is 11.2. The summed E-state index contributed by atoms with van der Waals surface area (Å²) in [4.78, 5) is 16.4. The Kier molecular flexibility index (Phi) is 2.27. The molecule has 0 aliphatic carbocycles. The number of aromatic amines is 1. The molecule has 0 radical (unpaired) electrons. The second-order valence-electron chi connectivity index (χ2n) is 2.15. The van der Waals surface area contributed by atoms with Crippen molar-refractivity contribution < 1.29 is 8.42 Å². The zero-order valence-corrected chi connectivity index (χ0v) is 7.26. The van der Waals surface area contributed by atoms with Gasteiger partial charge in [-0.1, -0.05) is 6.92 Å². The van der Waals surface area contributed by atoms with Crippen molar-refractivity contribution in [2.24, 2.45) is 0 Å². The van der Waals surface area contributed by atoms with E-state index in [4.69, 9.17) is 0 Å². The van der Waals surface area contributed by atoms with Gasteiger partial charge < -0.3 is 4.98 Å². The third kappa shape index (κ3) is 1.53. The van der Waals surface area contributed by atoms with Gasteiger partial charge in [-0.25, -0.2) is 13.4 Å². The van der Waals surface area contributed by atoms with Crippen molar-refractivity contribution in [3.05, 3.63) is 22.9 Å². The Labute approximate surface area is 69.4 Å². The van der Waals surface area contributed by atoms with Crippen LogP contribution in [0.5, 0.6) is 0 Å². The molecule has 12 heavy (non-hydrogen) atoms. The molecule has 6 heteroatoms. The standard InChI is InChI=1S/C6H8N2O3S/c1-2-12(10,11)5-3-7-4-8-6(5)9/h3-4H,2H2,1H3,(H,7,8,9). The molecule has 0 aliphatic heterocycles. The molecule has 0 bridgehead atoms. The van der Waals surface area contributed by atoms with Crippen LogP contribution >= 0.6 is 0 Å². The van der Waals surface area contributed by atoms with Gasteiger partial charge in [0.1, 0.15) is 0 Å². The highest BCUT2D eigenvalue weighted by Crippen LogP contribution is 2.00. The Balaban J connectivity index is 3.40. The number of aromatic nitrogens is 2. The molecule has 66 valence electrons. The predicted molar refractivity (Wildman–Crippen MR) is 42.6 cm³/mol. The normalized spacial score (nSPS) is 11.4. The predicted octanol–water partition coefficient (Wildman–Crippen LogP) is -0.436. The van der Waals surface area contributed by atoms with Gasteiger partial charge in [0.2, 0.25) is 0 Å². The van der Waals surface area contributed by atoms with E-state index in [1.54, 1.807) is 0 Å². The molecule has 0 atom stereocenters. The minimum absolute atomic E-state index is 0.0955. The molecule has 0 spiro atoms. The summed E-state index contributed by atoms with van der Waals surface area (Å²) in [6.45, 7) is 1.47. The van der Waals surface area contributed by atoms with Crippen molar-refractivity contribution in [1.82, 2.24) is 9.97 Å². The van der Waals surface area contributed by atoms with E-state index in [2.05, 4.69) is 9.97 Å². The van der Waals surface area contributed by atoms with Crippen LogP contribution in [-0.4, -0.2) is 24.1 Å². The van der Waals surface area contributed by atoms with Crippen molar-refractivity contribution in [2.45, 2.75) is 11.8 Å². The Bertz CT molecular complexity index is 420. The van der Waals surface area contributed by atoms with Crippen LogP contribution in [-0.2, 0) is 9.84 Å². The van der Waals surface area contributed by atoms with E-state index < -0.39 is 15.4 Å². The fourth-order valence-corrected chi connectivity index (χ4v) is 1.58. The molecule has 1 rings (SSSR count). The van der Waals surface area contributed by atoms with Crippen LogP contribution in [0.3, 0.4) is 0 Å². The smallest absolute Gasteiger partial charge is 0.269 e. The molecule has 1 N–H and O–H groups in total. The van der Waals surface area contributed by atoms with E-state index in [-0.39, 0.29) is 10.6 Å². The summed E-state index contributed by atoms with van der Waals surface area (Å²) in [6.07, 6.45) is 2.20. The van der Waals surface area contributed by atoms with Crippen LogP contribution in [0.1, 0.15) is 6.92 Å². The van der Waals surface area contributed by atoms with Crippen LogP contribution in [0, 0.1) is 0 Å². The first-order chi connectivity index (χ1) is 5.58. The largest absolute Gasteiger partial charge is 0.312 e. The average Bonchev–Trinajstić information content (AvgIpc) is 2.05. The van der Waals surface area contributed by atoms with Gasteiger partial charge in [0, 0.05) is 0 Å². The minimum Gasteiger partial charge on any atom is -0.312 e. The molecular formula is C6H8N2O3S. The number of hydrogen-bond donors (Lipinski definition) is 1. The lowest BCUT2D eigenvalue weighted by atomic mass is 10.7. The maximum Gasteiger partial charge on any atom is 0.269 e. The average molecular weight is 188 g/mol. The number of sulfone groups is 1. The lowest BCUT2D eigenvalue weighted by molar-refractivity contribution is 0.595. The van der Waals surface area contributed by atoms with Gasteiger partial charge in [0.25, 0.3) is 5.56 Å². The Morgan fingerprint density at radius 2 is 2.25 bits per heavy atom. The molecule has 0 unspecified atom stereocenters. The first kappa shape index (κ1) is 8.92. The first-order valence-electron chi connectivity index (χ1n) is 3.33. The first-order valence-corrected chi connectivity index (χ1v) is 4.98.